The lowest BCUT2D eigenvalue weighted by atomic mass is 9.84. The fourth-order valence-corrected chi connectivity index (χ4v) is 5.31. The number of hydrogen-bond donors (Lipinski definition) is 2. The van der Waals surface area contributed by atoms with Gasteiger partial charge in [0.1, 0.15) is 0 Å². The molecule has 6 unspecified atom stereocenters. The summed E-state index contributed by atoms with van der Waals surface area (Å²) < 4.78 is 0. The molecule has 4 aliphatic rings. The van der Waals surface area contributed by atoms with Crippen molar-refractivity contribution in [2.24, 2.45) is 34.8 Å². The molecular formula is C15H24N2O. The molecule has 4 aliphatic carbocycles. The van der Waals surface area contributed by atoms with E-state index in [2.05, 4.69) is 12.2 Å². The van der Waals surface area contributed by atoms with Crippen molar-refractivity contribution in [2.45, 2.75) is 57.5 Å². The Kier molecular flexibility index (Phi) is 2.19. The van der Waals surface area contributed by atoms with Crippen LogP contribution in [-0.2, 0) is 4.79 Å². The Hall–Kier alpha value is -0.570. The highest BCUT2D eigenvalue weighted by Gasteiger charge is 2.66. The van der Waals surface area contributed by atoms with Crippen molar-refractivity contribution < 1.29 is 4.79 Å². The molecule has 4 rings (SSSR count). The van der Waals surface area contributed by atoms with Gasteiger partial charge in [0.15, 0.2) is 0 Å². The number of hydrogen-bond acceptors (Lipinski definition) is 2. The fraction of sp³-hybridized carbons (Fsp3) is 0.933. The number of rotatable bonds is 2. The second kappa shape index (κ2) is 3.50. The highest BCUT2D eigenvalue weighted by atomic mass is 16.2. The number of amides is 1. The minimum atomic E-state index is -0.296. The Balaban J connectivity index is 1.43. The van der Waals surface area contributed by atoms with Crippen molar-refractivity contribution in [3.05, 3.63) is 0 Å². The van der Waals surface area contributed by atoms with Crippen LogP contribution in [0.1, 0.15) is 45.4 Å². The van der Waals surface area contributed by atoms with Gasteiger partial charge in [-0.2, -0.15) is 0 Å². The minimum absolute atomic E-state index is 0.0628. The molecule has 0 aromatic heterocycles. The van der Waals surface area contributed by atoms with E-state index in [-0.39, 0.29) is 17.4 Å². The van der Waals surface area contributed by atoms with Gasteiger partial charge in [0.2, 0.25) is 5.91 Å². The molecule has 0 aromatic rings. The third kappa shape index (κ3) is 1.31. The Labute approximate surface area is 109 Å². The van der Waals surface area contributed by atoms with Crippen LogP contribution in [0.25, 0.3) is 0 Å². The standard InChI is InChI=1S/C15H24N2O/c1-15(6-2-3-10(15)16)14(18)17-13-11-8-4-5-9(7-8)12(11)13/h8-13H,2-7,16H2,1H3,(H,17,18). The largest absolute Gasteiger partial charge is 0.352 e. The first-order valence-corrected chi connectivity index (χ1v) is 7.68. The molecule has 1 amide bonds. The third-order valence-electron chi connectivity index (χ3n) is 6.58. The van der Waals surface area contributed by atoms with Crippen molar-refractivity contribution >= 4 is 5.91 Å². The highest BCUT2D eigenvalue weighted by molar-refractivity contribution is 5.84. The van der Waals surface area contributed by atoms with E-state index in [9.17, 15) is 4.79 Å². The molecule has 18 heavy (non-hydrogen) atoms. The minimum Gasteiger partial charge on any atom is -0.352 e. The average Bonchev–Trinajstić information content (AvgIpc) is 2.71. The normalized spacial score (nSPS) is 56.6. The molecule has 3 heteroatoms. The molecule has 4 saturated carbocycles. The summed E-state index contributed by atoms with van der Waals surface area (Å²) in [6.45, 7) is 2.06. The van der Waals surface area contributed by atoms with E-state index >= 15 is 0 Å². The summed E-state index contributed by atoms with van der Waals surface area (Å²) in [5.41, 5.74) is 5.84. The predicted octanol–water partition coefficient (Wildman–Crippen LogP) is 1.66. The van der Waals surface area contributed by atoms with Crippen molar-refractivity contribution in [3.8, 4) is 0 Å². The average molecular weight is 248 g/mol. The zero-order valence-corrected chi connectivity index (χ0v) is 11.2. The molecule has 0 aromatic carbocycles. The molecule has 0 spiro atoms. The molecule has 4 fully saturated rings. The van der Waals surface area contributed by atoms with Crippen LogP contribution in [0.5, 0.6) is 0 Å². The van der Waals surface area contributed by atoms with Gasteiger partial charge in [-0.05, 0) is 62.7 Å². The second-order valence-electron chi connectivity index (χ2n) is 7.40. The molecule has 0 radical (unpaired) electrons. The van der Waals surface area contributed by atoms with Crippen LogP contribution >= 0.6 is 0 Å². The van der Waals surface area contributed by atoms with Gasteiger partial charge in [-0.3, -0.25) is 4.79 Å². The molecule has 0 heterocycles. The summed E-state index contributed by atoms with van der Waals surface area (Å²) >= 11 is 0. The van der Waals surface area contributed by atoms with E-state index in [4.69, 9.17) is 5.73 Å². The lowest BCUT2D eigenvalue weighted by Crippen LogP contribution is -2.48. The van der Waals surface area contributed by atoms with Crippen LogP contribution in [0, 0.1) is 29.1 Å². The van der Waals surface area contributed by atoms with Crippen LogP contribution in [-0.4, -0.2) is 18.0 Å². The van der Waals surface area contributed by atoms with E-state index in [0.29, 0.717) is 6.04 Å². The fourth-order valence-electron chi connectivity index (χ4n) is 5.31. The first-order valence-electron chi connectivity index (χ1n) is 7.68. The lowest BCUT2D eigenvalue weighted by Gasteiger charge is -2.28. The summed E-state index contributed by atoms with van der Waals surface area (Å²) in [5.74, 6) is 3.75. The van der Waals surface area contributed by atoms with Crippen molar-refractivity contribution in [1.82, 2.24) is 5.32 Å². The predicted molar refractivity (Wildman–Crippen MR) is 69.7 cm³/mol. The first-order chi connectivity index (χ1) is 8.61. The molecule has 3 N–H and O–H groups in total. The molecule has 2 bridgehead atoms. The highest BCUT2D eigenvalue weighted by Crippen LogP contribution is 2.65. The smallest absolute Gasteiger partial charge is 0.227 e. The van der Waals surface area contributed by atoms with Gasteiger partial charge in [-0.1, -0.05) is 6.42 Å². The van der Waals surface area contributed by atoms with E-state index in [1.54, 1.807) is 0 Å². The Morgan fingerprint density at radius 3 is 2.44 bits per heavy atom. The van der Waals surface area contributed by atoms with E-state index in [0.717, 1.165) is 42.9 Å². The van der Waals surface area contributed by atoms with E-state index < -0.39 is 0 Å². The summed E-state index contributed by atoms with van der Waals surface area (Å²) in [6, 6.07) is 0.571. The zero-order valence-electron chi connectivity index (χ0n) is 11.2. The second-order valence-corrected chi connectivity index (χ2v) is 7.40. The van der Waals surface area contributed by atoms with Crippen molar-refractivity contribution in [3.63, 3.8) is 0 Å². The summed E-state index contributed by atoms with van der Waals surface area (Å²) in [4.78, 5) is 12.5. The monoisotopic (exact) mass is 248 g/mol. The van der Waals surface area contributed by atoms with Gasteiger partial charge >= 0.3 is 0 Å². The summed E-state index contributed by atoms with van der Waals surface area (Å²) in [5, 5.41) is 3.35. The van der Waals surface area contributed by atoms with Crippen LogP contribution < -0.4 is 11.1 Å². The maximum Gasteiger partial charge on any atom is 0.227 e. The number of nitrogens with one attached hydrogen (secondary N) is 1. The summed E-state index contributed by atoms with van der Waals surface area (Å²) in [6.07, 6.45) is 7.35. The van der Waals surface area contributed by atoms with Gasteiger partial charge in [0.05, 0.1) is 5.41 Å². The maximum absolute atomic E-state index is 12.5. The SMILES string of the molecule is CC1(C(=O)NC2C3C4CCC(C4)C23)CCCC1N. The van der Waals surface area contributed by atoms with Crippen LogP contribution in [0.3, 0.4) is 0 Å². The van der Waals surface area contributed by atoms with Crippen molar-refractivity contribution in [1.29, 1.82) is 0 Å². The quantitative estimate of drug-likeness (QED) is 0.781. The molecule has 3 nitrogen and oxygen atoms in total. The van der Waals surface area contributed by atoms with Gasteiger partial charge in [0, 0.05) is 12.1 Å². The molecule has 0 saturated heterocycles. The zero-order chi connectivity index (χ0) is 12.5. The third-order valence-corrected chi connectivity index (χ3v) is 6.58. The number of fused-ring (bicyclic) bond motifs is 5. The van der Waals surface area contributed by atoms with Gasteiger partial charge in [0.25, 0.3) is 0 Å². The van der Waals surface area contributed by atoms with Crippen LogP contribution in [0.2, 0.25) is 0 Å². The van der Waals surface area contributed by atoms with Gasteiger partial charge in [-0.25, -0.2) is 0 Å². The van der Waals surface area contributed by atoms with Crippen LogP contribution in [0.15, 0.2) is 0 Å². The number of nitrogens with two attached hydrogens (primary N) is 1. The summed E-state index contributed by atoms with van der Waals surface area (Å²) in [7, 11) is 0. The van der Waals surface area contributed by atoms with Crippen LogP contribution in [0.4, 0.5) is 0 Å². The first kappa shape index (κ1) is 11.3. The Morgan fingerprint density at radius 2 is 1.89 bits per heavy atom. The maximum atomic E-state index is 12.5. The Morgan fingerprint density at radius 1 is 1.22 bits per heavy atom. The Bertz CT molecular complexity index is 380. The molecule has 6 atom stereocenters. The molecule has 100 valence electrons. The van der Waals surface area contributed by atoms with E-state index in [1.807, 2.05) is 0 Å². The molecular weight excluding hydrogens is 224 g/mol. The number of carbonyl (C=O) groups excluding carboxylic acids is 1. The van der Waals surface area contributed by atoms with Gasteiger partial charge in [-0.15, -0.1) is 0 Å². The lowest BCUT2D eigenvalue weighted by molar-refractivity contribution is -0.130. The van der Waals surface area contributed by atoms with Crippen molar-refractivity contribution in [2.75, 3.05) is 0 Å². The topological polar surface area (TPSA) is 55.1 Å². The van der Waals surface area contributed by atoms with Gasteiger partial charge < -0.3 is 11.1 Å². The number of carbonyl (C=O) groups is 1. The van der Waals surface area contributed by atoms with E-state index in [1.165, 1.54) is 19.3 Å². The molecule has 0 aliphatic heterocycles.